The molecule has 1 nitrogen and oxygen atoms in total. The zero-order chi connectivity index (χ0) is 49.1. The molecule has 0 rings (SSSR count). The number of hydrogen-bond donors (Lipinski definition) is 0. The van der Waals surface area contributed by atoms with Gasteiger partial charge in [-0.25, -0.2) is 0 Å². The van der Waals surface area contributed by atoms with Crippen molar-refractivity contribution in [3.8, 4) is 0 Å². The van der Waals surface area contributed by atoms with Crippen LogP contribution in [-0.2, 0) is 4.74 Å². The first-order valence-electron chi connectivity index (χ1n) is 12.5. The number of halogens is 38. The molecular weight excluding hydrogens is 978 g/mol. The Morgan fingerprint density at radius 2 is 0.288 bits per heavy atom. The summed E-state index contributed by atoms with van der Waals surface area (Å²) in [6.45, 7) is -9.65. The minimum Gasteiger partial charge on any atom is -0.368 e. The molecule has 0 bridgehead atoms. The molecule has 0 fully saturated rings. The summed E-state index contributed by atoms with van der Waals surface area (Å²) in [5, 5.41) is 0. The van der Waals surface area contributed by atoms with Crippen molar-refractivity contribution in [2.45, 2.75) is 107 Å². The lowest BCUT2D eigenvalue weighted by molar-refractivity contribution is -0.471. The third kappa shape index (κ3) is 7.05. The van der Waals surface area contributed by atoms with Crippen LogP contribution in [0, 0.1) is 0 Å². The van der Waals surface area contributed by atoms with Gasteiger partial charge in [0, 0.05) is 0 Å². The Morgan fingerprint density at radius 1 is 0.169 bits per heavy atom. The van der Waals surface area contributed by atoms with Gasteiger partial charge in [-0.1, -0.05) is 0 Å². The van der Waals surface area contributed by atoms with E-state index in [-0.39, 0.29) is 0 Å². The maximum absolute atomic E-state index is 13.8. The van der Waals surface area contributed by atoms with E-state index in [1.807, 2.05) is 0 Å². The fraction of sp³-hybridized carbons (Fsp3) is 1.00. The summed E-state index contributed by atoms with van der Waals surface area (Å²) in [6.07, 6.45) is -16.6. The lowest BCUT2D eigenvalue weighted by Crippen LogP contribution is -2.76. The van der Waals surface area contributed by atoms with Crippen LogP contribution >= 0.6 is 0 Å². The molecule has 0 unspecified atom stereocenters. The molecule has 0 spiro atoms. The van der Waals surface area contributed by atoms with Gasteiger partial charge >= 0.3 is 107 Å². The van der Waals surface area contributed by atoms with E-state index in [9.17, 15) is 167 Å². The minimum absolute atomic E-state index is 2.15. The zero-order valence-electron chi connectivity index (χ0n) is 25.2. The van der Waals surface area contributed by atoms with Gasteiger partial charge in [0.2, 0.25) is 0 Å². The maximum atomic E-state index is 13.8. The van der Waals surface area contributed by atoms with E-state index < -0.39 is 120 Å². The average Bonchev–Trinajstić information content (AvgIpc) is 2.98. The highest BCUT2D eigenvalue weighted by Gasteiger charge is 2.98. The highest BCUT2D eigenvalue weighted by Crippen LogP contribution is 2.67. The summed E-state index contributed by atoms with van der Waals surface area (Å²) in [5.41, 5.74) is 0. The van der Waals surface area contributed by atoms with E-state index in [1.54, 1.807) is 0 Å². The molecule has 39 heteroatoms. The Morgan fingerprint density at radius 3 is 0.424 bits per heavy atom. The van der Waals surface area contributed by atoms with E-state index in [1.165, 1.54) is 0 Å². The minimum atomic E-state index is -9.60. The van der Waals surface area contributed by atoms with Crippen LogP contribution in [0.5, 0.6) is 0 Å². The molecule has 356 valence electrons. The van der Waals surface area contributed by atoms with Gasteiger partial charge in [0.05, 0.1) is 0 Å². The van der Waals surface area contributed by atoms with Crippen molar-refractivity contribution in [3.63, 3.8) is 0 Å². The van der Waals surface area contributed by atoms with Crippen LogP contribution in [0.1, 0.15) is 0 Å². The molecule has 0 amide bonds. The SMILES string of the molecule is FC(F)(F)C(F)(F)C(F)(F)C(F)(F)C(F)(F)C(F)(F)C(F)(F)C(F)(F)C(F)(F)COCC(F)(F)C(F)(F)C(F)(F)C(F)(F)C(F)(F)C(F)(F)C(F)(F)C(F)(F)C(F)(F)F. The Hall–Kier alpha value is -2.70. The lowest BCUT2D eigenvalue weighted by atomic mass is 9.87. The predicted molar refractivity (Wildman–Crippen MR) is 102 cm³/mol. The topological polar surface area (TPSA) is 9.23 Å². The summed E-state index contributed by atoms with van der Waals surface area (Å²) < 4.78 is 506. The molecule has 0 aliphatic heterocycles. The van der Waals surface area contributed by atoms with Crippen molar-refractivity contribution in [3.05, 3.63) is 0 Å². The van der Waals surface area contributed by atoms with Gasteiger partial charge in [0.1, 0.15) is 13.2 Å². The van der Waals surface area contributed by atoms with Crippen LogP contribution in [0.4, 0.5) is 167 Å². The predicted octanol–water partition coefficient (Wildman–Crippen LogP) is 12.3. The van der Waals surface area contributed by atoms with Crippen LogP contribution in [0.3, 0.4) is 0 Å². The fourth-order valence-corrected chi connectivity index (χ4v) is 3.28. The molecule has 59 heavy (non-hydrogen) atoms. The van der Waals surface area contributed by atoms with Crippen molar-refractivity contribution in [1.29, 1.82) is 0 Å². The first-order valence-corrected chi connectivity index (χ1v) is 12.5. The molecule has 0 aromatic rings. The molecule has 0 saturated heterocycles. The second-order valence-electron chi connectivity index (χ2n) is 10.9. The average molecular weight is 982 g/mol. The Balaban J connectivity index is 6.98. The summed E-state index contributed by atoms with van der Waals surface area (Å²) in [6, 6.07) is 0. The molecule has 0 radical (unpaired) electrons. The van der Waals surface area contributed by atoms with E-state index in [2.05, 4.69) is 4.74 Å². The maximum Gasteiger partial charge on any atom is 0.460 e. The number of rotatable bonds is 18. The summed E-state index contributed by atoms with van der Waals surface area (Å²) in [5.74, 6) is -146. The van der Waals surface area contributed by atoms with Crippen molar-refractivity contribution in [1.82, 2.24) is 0 Å². The largest absolute Gasteiger partial charge is 0.460 e. The van der Waals surface area contributed by atoms with Gasteiger partial charge in [-0.2, -0.15) is 167 Å². The van der Waals surface area contributed by atoms with Crippen LogP contribution in [0.15, 0.2) is 0 Å². The standard InChI is InChI=1S/C20H4F38O/c21-3(22,5(25,26)7(29,30)9(33,34)11(37,38)13(41,42)15(45,46)17(49,50)19(53,54)55)1-59-2-4(23,24)6(27,28)8(31,32)10(35,36)12(39,40)14(43,44)16(47,48)18(51,52)20(56,57)58/h1-2H2. The molecular formula is C20H4F38O. The van der Waals surface area contributed by atoms with Gasteiger partial charge in [-0.15, -0.1) is 0 Å². The third-order valence-corrected chi connectivity index (χ3v) is 6.93. The van der Waals surface area contributed by atoms with Crippen molar-refractivity contribution in [2.24, 2.45) is 0 Å². The van der Waals surface area contributed by atoms with Crippen LogP contribution in [0.25, 0.3) is 0 Å². The van der Waals surface area contributed by atoms with Gasteiger partial charge in [0.25, 0.3) is 0 Å². The molecule has 0 aromatic heterocycles. The van der Waals surface area contributed by atoms with E-state index >= 15 is 0 Å². The Labute approximate surface area is 293 Å². The normalized spacial score (nSPS) is 17.2. The highest BCUT2D eigenvalue weighted by molar-refractivity contribution is 5.18. The quantitative estimate of drug-likeness (QED) is 0.124. The number of ether oxygens (including phenoxy) is 1. The Kier molecular flexibility index (Phi) is 13.3. The van der Waals surface area contributed by atoms with Crippen LogP contribution < -0.4 is 0 Å². The van der Waals surface area contributed by atoms with Gasteiger partial charge in [0.15, 0.2) is 0 Å². The summed E-state index contributed by atoms with van der Waals surface area (Å²) >= 11 is 0. The van der Waals surface area contributed by atoms with Crippen molar-refractivity contribution < 1.29 is 172 Å². The van der Waals surface area contributed by atoms with Crippen LogP contribution in [-0.4, -0.2) is 120 Å². The van der Waals surface area contributed by atoms with Crippen LogP contribution in [0.2, 0.25) is 0 Å². The van der Waals surface area contributed by atoms with Gasteiger partial charge in [-0.3, -0.25) is 0 Å². The Bertz CT molecular complexity index is 1380. The molecule has 0 aliphatic rings. The van der Waals surface area contributed by atoms with E-state index in [0.29, 0.717) is 0 Å². The summed E-state index contributed by atoms with van der Waals surface area (Å²) in [4.78, 5) is 0. The zero-order valence-corrected chi connectivity index (χ0v) is 25.2. The van der Waals surface area contributed by atoms with Gasteiger partial charge in [-0.05, 0) is 0 Å². The highest BCUT2D eigenvalue weighted by atomic mass is 19.4. The van der Waals surface area contributed by atoms with Crippen molar-refractivity contribution >= 4 is 0 Å². The van der Waals surface area contributed by atoms with E-state index in [0.717, 1.165) is 0 Å². The lowest BCUT2D eigenvalue weighted by Gasteiger charge is -2.44. The second-order valence-corrected chi connectivity index (χ2v) is 10.9. The number of alkyl halides is 38. The monoisotopic (exact) mass is 982 g/mol. The molecule has 0 atom stereocenters. The first-order chi connectivity index (χ1) is 24.7. The second kappa shape index (κ2) is 13.9. The van der Waals surface area contributed by atoms with Gasteiger partial charge < -0.3 is 4.74 Å². The molecule has 0 N–H and O–H groups in total. The first kappa shape index (κ1) is 56.3. The summed E-state index contributed by atoms with van der Waals surface area (Å²) in [7, 11) is 0. The van der Waals surface area contributed by atoms with E-state index in [4.69, 9.17) is 0 Å². The van der Waals surface area contributed by atoms with Crippen molar-refractivity contribution in [2.75, 3.05) is 13.2 Å². The fourth-order valence-electron chi connectivity index (χ4n) is 3.28. The molecule has 0 heterocycles. The number of hydrogen-bond acceptors (Lipinski definition) is 1. The smallest absolute Gasteiger partial charge is 0.368 e. The molecule has 0 aromatic carbocycles. The molecule has 0 saturated carbocycles. The third-order valence-electron chi connectivity index (χ3n) is 6.93. The molecule has 0 aliphatic carbocycles.